The number of carbonyl (C=O) groups is 1. The third kappa shape index (κ3) is 4.08. The summed E-state index contributed by atoms with van der Waals surface area (Å²) in [6.07, 6.45) is 1.76. The lowest BCUT2D eigenvalue weighted by Gasteiger charge is -2.23. The Bertz CT molecular complexity index is 1530. The molecule has 3 aromatic heterocycles. The molecule has 1 unspecified atom stereocenters. The number of benzene rings is 1. The van der Waals surface area contributed by atoms with Gasteiger partial charge in [0.2, 0.25) is 5.95 Å². The van der Waals surface area contributed by atoms with Crippen LogP contribution in [-0.2, 0) is 20.1 Å². The number of nitrogens with one attached hydrogen (secondary N) is 1. The van der Waals surface area contributed by atoms with Gasteiger partial charge in [0.1, 0.15) is 5.15 Å². The summed E-state index contributed by atoms with van der Waals surface area (Å²) in [6.45, 7) is 4.99. The highest BCUT2D eigenvalue weighted by atomic mass is 35.5. The number of aryl methyl sites for hydroxylation is 1. The fourth-order valence-corrected chi connectivity index (χ4v) is 4.67. The maximum Gasteiger partial charge on any atom is 0.356 e. The molecule has 4 heterocycles. The number of rotatable bonds is 5. The predicted octanol–water partition coefficient (Wildman–Crippen LogP) is 4.08. The second kappa shape index (κ2) is 8.66. The standard InChI is InChI=1S/C25H23ClN6O3/c1-13-9-16(14(2)28-18-6-7-20(26)29-22(18)24(34)35)21-17(10-13)23(33)31(3)25(30-21)32-11-15-5-4-8-27-19(15)12-32/h4-10,14,28H,11-12H2,1-3H3,(H,34,35). The molecule has 0 spiro atoms. The number of carboxylic acids is 1. The molecule has 0 saturated heterocycles. The molecule has 4 aromatic rings. The third-order valence-corrected chi connectivity index (χ3v) is 6.41. The summed E-state index contributed by atoms with van der Waals surface area (Å²) in [6, 6.07) is 10.5. The van der Waals surface area contributed by atoms with E-state index < -0.39 is 5.97 Å². The number of aromatic nitrogens is 4. The summed E-state index contributed by atoms with van der Waals surface area (Å²) in [4.78, 5) is 40.5. The van der Waals surface area contributed by atoms with Gasteiger partial charge in [-0.15, -0.1) is 0 Å². The topological polar surface area (TPSA) is 113 Å². The molecule has 1 atom stereocenters. The number of anilines is 2. The molecule has 0 saturated carbocycles. The van der Waals surface area contributed by atoms with Crippen LogP contribution >= 0.6 is 11.6 Å². The fourth-order valence-electron chi connectivity index (χ4n) is 4.52. The number of pyridine rings is 2. The van der Waals surface area contributed by atoms with E-state index >= 15 is 0 Å². The summed E-state index contributed by atoms with van der Waals surface area (Å²) in [7, 11) is 1.72. The quantitative estimate of drug-likeness (QED) is 0.402. The highest BCUT2D eigenvalue weighted by Crippen LogP contribution is 2.31. The third-order valence-electron chi connectivity index (χ3n) is 6.20. The Morgan fingerprint density at radius 2 is 2.00 bits per heavy atom. The zero-order valence-corrected chi connectivity index (χ0v) is 20.2. The average Bonchev–Trinajstić information content (AvgIpc) is 3.26. The first-order valence-electron chi connectivity index (χ1n) is 11.1. The summed E-state index contributed by atoms with van der Waals surface area (Å²) >= 11 is 5.90. The number of nitrogens with zero attached hydrogens (tertiary/aromatic N) is 5. The Morgan fingerprint density at radius 3 is 2.74 bits per heavy atom. The van der Waals surface area contributed by atoms with E-state index in [2.05, 4.69) is 15.3 Å². The zero-order chi connectivity index (χ0) is 24.9. The highest BCUT2D eigenvalue weighted by molar-refractivity contribution is 6.29. The monoisotopic (exact) mass is 490 g/mol. The van der Waals surface area contributed by atoms with Crippen molar-refractivity contribution in [1.29, 1.82) is 0 Å². The number of halogens is 1. The second-order valence-corrected chi connectivity index (χ2v) is 9.08. The molecule has 0 fully saturated rings. The van der Waals surface area contributed by atoms with Crippen molar-refractivity contribution in [3.05, 3.63) is 86.2 Å². The highest BCUT2D eigenvalue weighted by Gasteiger charge is 2.25. The van der Waals surface area contributed by atoms with Crippen LogP contribution in [0.4, 0.5) is 11.6 Å². The maximum atomic E-state index is 13.4. The first-order chi connectivity index (χ1) is 16.7. The van der Waals surface area contributed by atoms with E-state index in [0.717, 1.165) is 22.4 Å². The Morgan fingerprint density at radius 1 is 1.20 bits per heavy atom. The van der Waals surface area contributed by atoms with E-state index in [0.29, 0.717) is 35.6 Å². The van der Waals surface area contributed by atoms with Gasteiger partial charge in [0, 0.05) is 25.4 Å². The van der Waals surface area contributed by atoms with E-state index in [9.17, 15) is 14.7 Å². The normalized spacial score (nSPS) is 13.7. The molecular formula is C25H23ClN6O3. The molecule has 0 amide bonds. The van der Waals surface area contributed by atoms with Crippen molar-refractivity contribution in [1.82, 2.24) is 19.5 Å². The van der Waals surface area contributed by atoms with E-state index in [1.165, 1.54) is 6.07 Å². The van der Waals surface area contributed by atoms with E-state index in [4.69, 9.17) is 16.6 Å². The van der Waals surface area contributed by atoms with Gasteiger partial charge in [0.15, 0.2) is 5.69 Å². The fraction of sp³-hybridized carbons (Fsp3) is 0.240. The predicted molar refractivity (Wildman–Crippen MR) is 134 cm³/mol. The van der Waals surface area contributed by atoms with Crippen molar-refractivity contribution < 1.29 is 9.90 Å². The Kier molecular flexibility index (Phi) is 5.64. The van der Waals surface area contributed by atoms with Gasteiger partial charge in [-0.1, -0.05) is 23.7 Å². The van der Waals surface area contributed by atoms with Gasteiger partial charge < -0.3 is 15.3 Å². The molecule has 0 aliphatic carbocycles. The molecule has 10 heteroatoms. The Hall–Kier alpha value is -3.98. The van der Waals surface area contributed by atoms with Crippen LogP contribution in [-0.4, -0.2) is 30.6 Å². The summed E-state index contributed by atoms with van der Waals surface area (Å²) in [5, 5.41) is 13.4. The first kappa shape index (κ1) is 22.8. The number of aromatic carboxylic acids is 1. The second-order valence-electron chi connectivity index (χ2n) is 8.69. The van der Waals surface area contributed by atoms with Crippen LogP contribution < -0.4 is 15.8 Å². The van der Waals surface area contributed by atoms with E-state index in [1.54, 1.807) is 23.9 Å². The van der Waals surface area contributed by atoms with Gasteiger partial charge in [-0.2, -0.15) is 0 Å². The minimum Gasteiger partial charge on any atom is -0.476 e. The smallest absolute Gasteiger partial charge is 0.356 e. The maximum absolute atomic E-state index is 13.4. The van der Waals surface area contributed by atoms with Crippen LogP contribution in [0.3, 0.4) is 0 Å². The molecule has 1 aromatic carbocycles. The van der Waals surface area contributed by atoms with Crippen LogP contribution in [0.1, 0.15) is 45.8 Å². The van der Waals surface area contributed by atoms with Crippen LogP contribution in [0.25, 0.3) is 10.9 Å². The molecule has 5 rings (SSSR count). The van der Waals surface area contributed by atoms with Gasteiger partial charge in [-0.3, -0.25) is 14.3 Å². The molecule has 9 nitrogen and oxygen atoms in total. The number of hydrogen-bond donors (Lipinski definition) is 2. The molecule has 1 aliphatic heterocycles. The lowest BCUT2D eigenvalue weighted by atomic mass is 10.0. The lowest BCUT2D eigenvalue weighted by Crippen LogP contribution is -2.28. The summed E-state index contributed by atoms with van der Waals surface area (Å²) in [5.74, 6) is -0.634. The van der Waals surface area contributed by atoms with Crippen LogP contribution in [0.2, 0.25) is 5.15 Å². The van der Waals surface area contributed by atoms with E-state index in [1.807, 2.05) is 43.0 Å². The van der Waals surface area contributed by atoms with Crippen molar-refractivity contribution in [3.8, 4) is 0 Å². The minimum atomic E-state index is -1.19. The van der Waals surface area contributed by atoms with Gasteiger partial charge in [-0.05, 0) is 49.2 Å². The Labute approximate surface area is 206 Å². The molecule has 0 radical (unpaired) electrons. The minimum absolute atomic E-state index is 0.0949. The molecule has 0 bridgehead atoms. The molecule has 35 heavy (non-hydrogen) atoms. The zero-order valence-electron chi connectivity index (χ0n) is 19.4. The van der Waals surface area contributed by atoms with E-state index in [-0.39, 0.29) is 22.4 Å². The van der Waals surface area contributed by atoms with Gasteiger partial charge in [0.25, 0.3) is 5.56 Å². The van der Waals surface area contributed by atoms with Gasteiger partial charge in [-0.25, -0.2) is 14.8 Å². The van der Waals surface area contributed by atoms with Gasteiger partial charge >= 0.3 is 5.97 Å². The molecule has 178 valence electrons. The number of carboxylic acid groups (broad SMARTS) is 1. The number of fused-ring (bicyclic) bond motifs is 2. The molecular weight excluding hydrogens is 468 g/mol. The van der Waals surface area contributed by atoms with Crippen LogP contribution in [0.5, 0.6) is 0 Å². The van der Waals surface area contributed by atoms with Crippen LogP contribution in [0, 0.1) is 6.92 Å². The largest absolute Gasteiger partial charge is 0.476 e. The van der Waals surface area contributed by atoms with Crippen molar-refractivity contribution >= 4 is 40.1 Å². The van der Waals surface area contributed by atoms with Crippen molar-refractivity contribution in [2.45, 2.75) is 33.0 Å². The SMILES string of the molecule is Cc1cc(C(C)Nc2ccc(Cl)nc2C(=O)O)c2nc(N3Cc4cccnc4C3)n(C)c(=O)c2c1. The van der Waals surface area contributed by atoms with Crippen LogP contribution in [0.15, 0.2) is 47.4 Å². The number of hydrogen-bond acceptors (Lipinski definition) is 7. The Balaban J connectivity index is 1.60. The lowest BCUT2D eigenvalue weighted by molar-refractivity contribution is 0.0691. The van der Waals surface area contributed by atoms with Crippen molar-refractivity contribution in [3.63, 3.8) is 0 Å². The van der Waals surface area contributed by atoms with Crippen molar-refractivity contribution in [2.75, 3.05) is 10.2 Å². The summed E-state index contributed by atoms with van der Waals surface area (Å²) < 4.78 is 1.57. The first-order valence-corrected chi connectivity index (χ1v) is 11.5. The molecule has 1 aliphatic rings. The van der Waals surface area contributed by atoms with Gasteiger partial charge in [0.05, 0.1) is 34.9 Å². The molecule has 2 N–H and O–H groups in total. The average molecular weight is 491 g/mol. The van der Waals surface area contributed by atoms with Crippen molar-refractivity contribution in [2.24, 2.45) is 7.05 Å². The summed E-state index contributed by atoms with van der Waals surface area (Å²) in [5.41, 5.74) is 4.33.